The molecule has 5 heteroatoms. The highest BCUT2D eigenvalue weighted by molar-refractivity contribution is 5.99. The Balaban J connectivity index is 2.01. The first-order chi connectivity index (χ1) is 7.11. The van der Waals surface area contributed by atoms with Crippen molar-refractivity contribution in [1.82, 2.24) is 4.98 Å². The lowest BCUT2D eigenvalue weighted by atomic mass is 10.3. The second kappa shape index (κ2) is 3.42. The molecule has 0 aromatic carbocycles. The molecule has 1 aliphatic rings. The summed E-state index contributed by atoms with van der Waals surface area (Å²) in [7, 11) is 1.64. The Kier molecular flexibility index (Phi) is 2.22. The molecule has 2 rings (SSSR count). The van der Waals surface area contributed by atoms with Crippen LogP contribution >= 0.6 is 0 Å². The Morgan fingerprint density at radius 3 is 2.73 bits per heavy atom. The van der Waals surface area contributed by atoms with Crippen LogP contribution in [-0.4, -0.2) is 29.0 Å². The lowest BCUT2D eigenvalue weighted by Gasteiger charge is -2.14. The van der Waals surface area contributed by atoms with Gasteiger partial charge in [-0.1, -0.05) is 0 Å². The molecule has 2 unspecified atom stereocenters. The number of carbonyl (C=O) groups excluding carboxylic acids is 1. The number of aliphatic carboxylic acids is 1. The van der Waals surface area contributed by atoms with Crippen LogP contribution < -0.4 is 4.90 Å². The summed E-state index contributed by atoms with van der Waals surface area (Å²) in [6, 6.07) is 3.57. The highest BCUT2D eigenvalue weighted by Crippen LogP contribution is 2.40. The summed E-state index contributed by atoms with van der Waals surface area (Å²) in [5.41, 5.74) is 0. The van der Waals surface area contributed by atoms with Gasteiger partial charge in [0, 0.05) is 13.2 Å². The Bertz CT molecular complexity index is 385. The number of nitrogens with zero attached hydrogens (tertiary/aromatic N) is 1. The zero-order valence-corrected chi connectivity index (χ0v) is 8.30. The summed E-state index contributed by atoms with van der Waals surface area (Å²) < 4.78 is 0. The molecule has 1 aromatic rings. The van der Waals surface area contributed by atoms with Gasteiger partial charge in [-0.15, -0.1) is 0 Å². The summed E-state index contributed by atoms with van der Waals surface area (Å²) in [4.78, 5) is 26.7. The van der Waals surface area contributed by atoms with Gasteiger partial charge in [0.25, 0.3) is 0 Å². The van der Waals surface area contributed by atoms with E-state index in [1.165, 1.54) is 4.90 Å². The number of carboxylic acids is 1. The molecule has 5 nitrogen and oxygen atoms in total. The third kappa shape index (κ3) is 1.72. The third-order valence-electron chi connectivity index (χ3n) is 2.70. The number of H-pyrrole nitrogens is 1. The predicted octanol–water partition coefficient (Wildman–Crippen LogP) is 0.698. The molecular formula is C10H12N2O3. The van der Waals surface area contributed by atoms with Gasteiger partial charge in [-0.25, -0.2) is 0 Å². The largest absolute Gasteiger partial charge is 0.481 e. The summed E-state index contributed by atoms with van der Waals surface area (Å²) in [5.74, 6) is -1.17. The summed E-state index contributed by atoms with van der Waals surface area (Å²) in [6.07, 6.45) is 2.18. The summed E-state index contributed by atoms with van der Waals surface area (Å²) in [5, 5.41) is 8.71. The van der Waals surface area contributed by atoms with Crippen LogP contribution in [0, 0.1) is 11.8 Å². The van der Waals surface area contributed by atoms with E-state index in [1.54, 1.807) is 25.4 Å². The van der Waals surface area contributed by atoms with E-state index in [-0.39, 0.29) is 11.8 Å². The summed E-state index contributed by atoms with van der Waals surface area (Å²) in [6.45, 7) is 0. The first kappa shape index (κ1) is 9.76. The average molecular weight is 208 g/mol. The maximum absolute atomic E-state index is 11.8. The van der Waals surface area contributed by atoms with Crippen LogP contribution in [0.4, 0.5) is 5.82 Å². The van der Waals surface area contributed by atoms with Crippen molar-refractivity contribution in [1.29, 1.82) is 0 Å². The van der Waals surface area contributed by atoms with Crippen molar-refractivity contribution in [3.05, 3.63) is 18.3 Å². The normalized spacial score (nSPS) is 23.5. The van der Waals surface area contributed by atoms with E-state index in [9.17, 15) is 9.59 Å². The second-order valence-corrected chi connectivity index (χ2v) is 3.74. The fourth-order valence-corrected chi connectivity index (χ4v) is 1.64. The van der Waals surface area contributed by atoms with E-state index in [0.29, 0.717) is 12.2 Å². The van der Waals surface area contributed by atoms with Crippen LogP contribution in [0.1, 0.15) is 6.42 Å². The first-order valence-electron chi connectivity index (χ1n) is 4.75. The topological polar surface area (TPSA) is 73.4 Å². The Morgan fingerprint density at radius 1 is 1.53 bits per heavy atom. The van der Waals surface area contributed by atoms with Gasteiger partial charge in [0.05, 0.1) is 11.8 Å². The van der Waals surface area contributed by atoms with Gasteiger partial charge in [0.15, 0.2) is 0 Å². The minimum Gasteiger partial charge on any atom is -0.481 e. The standard InChI is InChI=1S/C10H12N2O3/c1-12(8-3-2-4-11-8)9(13)6-5-7(6)10(14)15/h2-4,6-7,11H,5H2,1H3,(H,14,15). The SMILES string of the molecule is CN(C(=O)C1CC1C(=O)O)c1ccc[nH]1. The van der Waals surface area contributed by atoms with Crippen LogP contribution in [-0.2, 0) is 9.59 Å². The lowest BCUT2D eigenvalue weighted by molar-refractivity contribution is -0.139. The molecule has 0 bridgehead atoms. The van der Waals surface area contributed by atoms with Crippen LogP contribution in [0.3, 0.4) is 0 Å². The molecule has 2 atom stereocenters. The van der Waals surface area contributed by atoms with E-state index in [4.69, 9.17) is 5.11 Å². The number of hydrogen-bond acceptors (Lipinski definition) is 2. The van der Waals surface area contributed by atoms with Crippen molar-refractivity contribution >= 4 is 17.7 Å². The van der Waals surface area contributed by atoms with Crippen molar-refractivity contribution in [3.8, 4) is 0 Å². The second-order valence-electron chi connectivity index (χ2n) is 3.74. The smallest absolute Gasteiger partial charge is 0.307 e. The first-order valence-corrected chi connectivity index (χ1v) is 4.75. The molecule has 0 aliphatic heterocycles. The number of rotatable bonds is 3. The van der Waals surface area contributed by atoms with Gasteiger partial charge in [-0.3, -0.25) is 9.59 Å². The van der Waals surface area contributed by atoms with E-state index < -0.39 is 11.9 Å². The van der Waals surface area contributed by atoms with Crippen LogP contribution in [0.5, 0.6) is 0 Å². The molecule has 15 heavy (non-hydrogen) atoms. The number of carboxylic acid groups (broad SMARTS) is 1. The minimum absolute atomic E-state index is 0.134. The molecule has 0 spiro atoms. The van der Waals surface area contributed by atoms with Gasteiger partial charge in [-0.05, 0) is 18.6 Å². The molecule has 1 aliphatic carbocycles. The van der Waals surface area contributed by atoms with Crippen molar-refractivity contribution in [2.45, 2.75) is 6.42 Å². The molecule has 0 saturated heterocycles. The molecule has 1 amide bonds. The van der Waals surface area contributed by atoms with Gasteiger partial charge in [0.1, 0.15) is 5.82 Å². The number of amides is 1. The Hall–Kier alpha value is -1.78. The van der Waals surface area contributed by atoms with Crippen molar-refractivity contribution in [3.63, 3.8) is 0 Å². The monoisotopic (exact) mass is 208 g/mol. The van der Waals surface area contributed by atoms with Crippen LogP contribution in [0.15, 0.2) is 18.3 Å². The zero-order chi connectivity index (χ0) is 11.0. The lowest BCUT2D eigenvalue weighted by Crippen LogP contribution is -2.29. The average Bonchev–Trinajstić information content (AvgIpc) is 2.83. The van der Waals surface area contributed by atoms with Crippen molar-refractivity contribution < 1.29 is 14.7 Å². The van der Waals surface area contributed by atoms with Crippen molar-refractivity contribution in [2.75, 3.05) is 11.9 Å². The Morgan fingerprint density at radius 2 is 2.27 bits per heavy atom. The van der Waals surface area contributed by atoms with E-state index in [0.717, 1.165) is 0 Å². The number of aromatic amines is 1. The van der Waals surface area contributed by atoms with Crippen LogP contribution in [0.25, 0.3) is 0 Å². The Labute approximate surface area is 86.7 Å². The minimum atomic E-state index is -0.881. The van der Waals surface area contributed by atoms with E-state index in [2.05, 4.69) is 4.98 Å². The highest BCUT2D eigenvalue weighted by atomic mass is 16.4. The van der Waals surface area contributed by atoms with E-state index >= 15 is 0 Å². The van der Waals surface area contributed by atoms with Crippen LogP contribution in [0.2, 0.25) is 0 Å². The van der Waals surface area contributed by atoms with Gasteiger partial charge in [0.2, 0.25) is 5.91 Å². The third-order valence-corrected chi connectivity index (χ3v) is 2.70. The number of hydrogen-bond donors (Lipinski definition) is 2. The molecular weight excluding hydrogens is 196 g/mol. The van der Waals surface area contributed by atoms with E-state index in [1.807, 2.05) is 0 Å². The van der Waals surface area contributed by atoms with Gasteiger partial charge < -0.3 is 15.0 Å². The summed E-state index contributed by atoms with van der Waals surface area (Å²) >= 11 is 0. The van der Waals surface area contributed by atoms with Gasteiger partial charge >= 0.3 is 5.97 Å². The number of anilines is 1. The van der Waals surface area contributed by atoms with Gasteiger partial charge in [-0.2, -0.15) is 0 Å². The molecule has 1 aromatic heterocycles. The molecule has 80 valence electrons. The molecule has 1 heterocycles. The number of nitrogens with one attached hydrogen (secondary N) is 1. The number of aromatic nitrogens is 1. The highest BCUT2D eigenvalue weighted by Gasteiger charge is 2.49. The fraction of sp³-hybridized carbons (Fsp3) is 0.400. The quantitative estimate of drug-likeness (QED) is 0.767. The van der Waals surface area contributed by atoms with Crippen molar-refractivity contribution in [2.24, 2.45) is 11.8 Å². The fourth-order valence-electron chi connectivity index (χ4n) is 1.64. The molecule has 1 saturated carbocycles. The molecule has 2 N–H and O–H groups in total. The maximum atomic E-state index is 11.8. The molecule has 1 fully saturated rings. The predicted molar refractivity (Wildman–Crippen MR) is 53.4 cm³/mol. The molecule has 0 radical (unpaired) electrons. The zero-order valence-electron chi connectivity index (χ0n) is 8.30. The maximum Gasteiger partial charge on any atom is 0.307 e. The number of carbonyl (C=O) groups is 2.